The summed E-state index contributed by atoms with van der Waals surface area (Å²) in [6.45, 7) is 4.39. The van der Waals surface area contributed by atoms with E-state index in [1.165, 1.54) is 18.6 Å². The van der Waals surface area contributed by atoms with Crippen LogP contribution in [0.1, 0.15) is 30.3 Å². The number of aromatic amines is 2. The van der Waals surface area contributed by atoms with E-state index in [-0.39, 0.29) is 11.6 Å². The molecular weight excluding hydrogens is 344 g/mol. The number of H-pyrrole nitrogens is 2. The maximum atomic E-state index is 12.2. The molecule has 3 aromatic rings. The highest BCUT2D eigenvalue weighted by atomic mass is 32.1. The molecule has 0 radical (unpaired) electrons. The average molecular weight is 362 g/mol. The molecule has 9 nitrogen and oxygen atoms in total. The molecule has 132 valence electrons. The van der Waals surface area contributed by atoms with Crippen LogP contribution in [-0.4, -0.2) is 32.7 Å². The van der Waals surface area contributed by atoms with E-state index in [2.05, 4.69) is 30.2 Å². The Balaban J connectivity index is 1.73. The molecule has 2 aromatic heterocycles. The van der Waals surface area contributed by atoms with Gasteiger partial charge in [-0.1, -0.05) is 18.3 Å². The van der Waals surface area contributed by atoms with Crippen LogP contribution in [0.15, 0.2) is 16.9 Å². The van der Waals surface area contributed by atoms with E-state index in [4.69, 9.17) is 4.74 Å². The Morgan fingerprint density at radius 3 is 2.72 bits per heavy atom. The zero-order chi connectivity index (χ0) is 18.0. The lowest BCUT2D eigenvalue weighted by atomic mass is 10.1. The van der Waals surface area contributed by atoms with Crippen LogP contribution < -0.4 is 21.1 Å². The topological polar surface area (TPSA) is 125 Å². The van der Waals surface area contributed by atoms with E-state index in [1.54, 1.807) is 12.1 Å². The molecule has 0 atom stereocenters. The molecule has 0 aliphatic rings. The van der Waals surface area contributed by atoms with Crippen LogP contribution in [0.2, 0.25) is 0 Å². The lowest BCUT2D eigenvalue weighted by molar-refractivity contribution is 0.251. The number of benzene rings is 1. The third-order valence-corrected chi connectivity index (χ3v) is 4.36. The number of aromatic nitrogens is 4. The second-order valence-electron chi connectivity index (χ2n) is 5.72. The van der Waals surface area contributed by atoms with Crippen molar-refractivity contribution in [2.24, 2.45) is 0 Å². The highest BCUT2D eigenvalue weighted by Crippen LogP contribution is 2.28. The molecule has 0 bridgehead atoms. The molecule has 0 saturated heterocycles. The van der Waals surface area contributed by atoms with Gasteiger partial charge in [-0.25, -0.2) is 9.59 Å². The Hall–Kier alpha value is -2.88. The third kappa shape index (κ3) is 3.63. The van der Waals surface area contributed by atoms with Crippen LogP contribution in [0.3, 0.4) is 0 Å². The van der Waals surface area contributed by atoms with E-state index in [0.29, 0.717) is 29.0 Å². The molecule has 0 spiro atoms. The van der Waals surface area contributed by atoms with Crippen molar-refractivity contribution < 1.29 is 9.53 Å². The fourth-order valence-corrected chi connectivity index (χ4v) is 3.17. The van der Waals surface area contributed by atoms with Gasteiger partial charge in [-0.15, -0.1) is 5.10 Å². The molecule has 25 heavy (non-hydrogen) atoms. The van der Waals surface area contributed by atoms with Gasteiger partial charge in [0.2, 0.25) is 0 Å². The fourth-order valence-electron chi connectivity index (χ4n) is 2.43. The number of rotatable bonds is 5. The van der Waals surface area contributed by atoms with Gasteiger partial charge in [0, 0.05) is 6.07 Å². The first-order chi connectivity index (χ1) is 12.0. The van der Waals surface area contributed by atoms with Gasteiger partial charge in [0.25, 0.3) is 0 Å². The summed E-state index contributed by atoms with van der Waals surface area (Å²) < 4.78 is 9.20. The van der Waals surface area contributed by atoms with Crippen LogP contribution in [0.25, 0.3) is 11.0 Å². The third-order valence-electron chi connectivity index (χ3n) is 3.63. The molecule has 0 aliphatic carbocycles. The van der Waals surface area contributed by atoms with Gasteiger partial charge in [0.05, 0.1) is 40.9 Å². The van der Waals surface area contributed by atoms with Crippen molar-refractivity contribution >= 4 is 34.3 Å². The van der Waals surface area contributed by atoms with Crippen LogP contribution in [0.5, 0.6) is 5.75 Å². The summed E-state index contributed by atoms with van der Waals surface area (Å²) in [4.78, 5) is 29.8. The first kappa shape index (κ1) is 17.0. The predicted molar refractivity (Wildman–Crippen MR) is 95.3 cm³/mol. The summed E-state index contributed by atoms with van der Waals surface area (Å²) in [5, 5.41) is 9.59. The van der Waals surface area contributed by atoms with Crippen molar-refractivity contribution in [3.8, 4) is 5.75 Å². The lowest BCUT2D eigenvalue weighted by Crippen LogP contribution is -2.28. The number of hydrogen-bond donors (Lipinski definition) is 4. The van der Waals surface area contributed by atoms with E-state index in [9.17, 15) is 9.59 Å². The van der Waals surface area contributed by atoms with E-state index in [0.717, 1.165) is 10.6 Å². The first-order valence-corrected chi connectivity index (χ1v) is 8.41. The Labute approximate surface area is 147 Å². The van der Waals surface area contributed by atoms with E-state index < -0.39 is 6.03 Å². The first-order valence-electron chi connectivity index (χ1n) is 7.64. The summed E-state index contributed by atoms with van der Waals surface area (Å²) in [7, 11) is 1.49. The Bertz CT molecular complexity index is 958. The normalized spacial score (nSPS) is 11.0. The molecule has 0 fully saturated rings. The van der Waals surface area contributed by atoms with Gasteiger partial charge in [0.1, 0.15) is 5.75 Å². The number of carbonyl (C=O) groups is 1. The largest absolute Gasteiger partial charge is 0.494 e. The Morgan fingerprint density at radius 2 is 2.04 bits per heavy atom. The van der Waals surface area contributed by atoms with Gasteiger partial charge in [-0.05, 0) is 23.5 Å². The van der Waals surface area contributed by atoms with Crippen LogP contribution in [-0.2, 0) is 6.54 Å². The van der Waals surface area contributed by atoms with Crippen LogP contribution >= 0.6 is 11.5 Å². The molecule has 2 amide bonds. The number of nitrogens with one attached hydrogen (secondary N) is 4. The number of methoxy groups -OCH3 is 1. The van der Waals surface area contributed by atoms with Gasteiger partial charge in [-0.2, -0.15) is 0 Å². The SMILES string of the molecule is COc1cc2[nH]c(=O)[nH]c2cc1NC(=O)NCc1snnc1C(C)C. The van der Waals surface area contributed by atoms with Crippen molar-refractivity contribution in [3.05, 3.63) is 33.2 Å². The highest BCUT2D eigenvalue weighted by Gasteiger charge is 2.14. The number of imidazole rings is 1. The highest BCUT2D eigenvalue weighted by molar-refractivity contribution is 7.05. The van der Waals surface area contributed by atoms with E-state index >= 15 is 0 Å². The maximum absolute atomic E-state index is 12.2. The van der Waals surface area contributed by atoms with Crippen molar-refractivity contribution in [2.45, 2.75) is 26.3 Å². The minimum absolute atomic E-state index is 0.242. The molecule has 0 aliphatic heterocycles. The molecular formula is C15H18N6O3S. The summed E-state index contributed by atoms with van der Waals surface area (Å²) in [6.07, 6.45) is 0. The summed E-state index contributed by atoms with van der Waals surface area (Å²) in [6, 6.07) is 2.89. The molecule has 0 unspecified atom stereocenters. The Morgan fingerprint density at radius 1 is 1.32 bits per heavy atom. The quantitative estimate of drug-likeness (QED) is 0.553. The predicted octanol–water partition coefficient (Wildman–Crippen LogP) is 2.16. The maximum Gasteiger partial charge on any atom is 0.323 e. The number of nitrogens with zero attached hydrogens (tertiary/aromatic N) is 2. The number of amides is 2. The van der Waals surface area contributed by atoms with Crippen molar-refractivity contribution in [1.29, 1.82) is 0 Å². The number of ether oxygens (including phenoxy) is 1. The van der Waals surface area contributed by atoms with Crippen molar-refractivity contribution in [1.82, 2.24) is 24.9 Å². The smallest absolute Gasteiger partial charge is 0.323 e. The van der Waals surface area contributed by atoms with Gasteiger partial charge in [0.15, 0.2) is 0 Å². The number of anilines is 1. The summed E-state index contributed by atoms with van der Waals surface area (Å²) in [5.74, 6) is 0.687. The van der Waals surface area contributed by atoms with Gasteiger partial charge >= 0.3 is 11.7 Å². The van der Waals surface area contributed by atoms with Gasteiger partial charge < -0.3 is 25.3 Å². The zero-order valence-corrected chi connectivity index (χ0v) is 14.8. The van der Waals surface area contributed by atoms with E-state index in [1.807, 2.05) is 13.8 Å². The van der Waals surface area contributed by atoms with Gasteiger partial charge in [-0.3, -0.25) is 0 Å². The lowest BCUT2D eigenvalue weighted by Gasteiger charge is -2.11. The fraction of sp³-hybridized carbons (Fsp3) is 0.333. The average Bonchev–Trinajstić information content (AvgIpc) is 3.17. The second-order valence-corrected chi connectivity index (χ2v) is 6.56. The Kier molecular flexibility index (Phi) is 4.70. The molecule has 0 saturated carbocycles. The second kappa shape index (κ2) is 6.93. The molecule has 1 aromatic carbocycles. The van der Waals surface area contributed by atoms with Crippen LogP contribution in [0, 0.1) is 0 Å². The minimum Gasteiger partial charge on any atom is -0.494 e. The molecule has 10 heteroatoms. The molecule has 3 rings (SSSR count). The number of hydrogen-bond acceptors (Lipinski definition) is 6. The molecule has 4 N–H and O–H groups in total. The van der Waals surface area contributed by atoms with Crippen molar-refractivity contribution in [2.75, 3.05) is 12.4 Å². The summed E-state index contributed by atoms with van der Waals surface area (Å²) >= 11 is 1.27. The van der Waals surface area contributed by atoms with Crippen LogP contribution in [0.4, 0.5) is 10.5 Å². The number of urea groups is 1. The summed E-state index contributed by atoms with van der Waals surface area (Å²) in [5.41, 5.74) is 2.20. The monoisotopic (exact) mass is 362 g/mol. The molecule has 2 heterocycles. The van der Waals surface area contributed by atoms with Crippen molar-refractivity contribution in [3.63, 3.8) is 0 Å². The number of fused-ring (bicyclic) bond motifs is 1. The zero-order valence-electron chi connectivity index (χ0n) is 14.0. The number of carbonyl (C=O) groups excluding carboxylic acids is 1. The standard InChI is InChI=1S/C15H18N6O3S/c1-7(2)13-12(25-21-20-13)6-16-14(22)19-10-4-8-9(5-11(10)24-3)18-15(23)17-8/h4-5,7H,6H2,1-3H3,(H2,16,19,22)(H2,17,18,23). The minimum atomic E-state index is -0.390.